The maximum absolute atomic E-state index is 14.1. The molecular formula is C20H17FN2O3S2. The second-order valence-electron chi connectivity index (χ2n) is 5.70. The molecule has 5 nitrogen and oxygen atoms in total. The highest BCUT2D eigenvalue weighted by molar-refractivity contribution is 7.98. The third-order valence-corrected chi connectivity index (χ3v) is 5.49. The number of aromatic nitrogens is 1. The summed E-state index contributed by atoms with van der Waals surface area (Å²) in [6.07, 6.45) is 1.89. The minimum atomic E-state index is -0.519. The topological polar surface area (TPSA) is 59.5 Å². The highest BCUT2D eigenvalue weighted by Gasteiger charge is 2.21. The molecular weight excluding hydrogens is 399 g/mol. The zero-order valence-electron chi connectivity index (χ0n) is 15.2. The first-order valence-corrected chi connectivity index (χ1v) is 10.4. The first-order valence-electron chi connectivity index (χ1n) is 8.31. The highest BCUT2D eigenvalue weighted by Crippen LogP contribution is 2.31. The number of para-hydroxylation sites is 1. The van der Waals surface area contributed by atoms with Crippen LogP contribution in [0.2, 0.25) is 0 Å². The van der Waals surface area contributed by atoms with Crippen LogP contribution < -0.4 is 4.90 Å². The Morgan fingerprint density at radius 3 is 2.61 bits per heavy atom. The van der Waals surface area contributed by atoms with Crippen molar-refractivity contribution in [2.45, 2.75) is 18.4 Å². The molecule has 0 spiro atoms. The fourth-order valence-corrected chi connectivity index (χ4v) is 3.99. The van der Waals surface area contributed by atoms with Crippen LogP contribution in [0.15, 0.2) is 58.8 Å². The highest BCUT2D eigenvalue weighted by atomic mass is 32.2. The van der Waals surface area contributed by atoms with E-state index in [-0.39, 0.29) is 18.2 Å². The largest absolute Gasteiger partial charge is 0.456 e. The number of esters is 1. The van der Waals surface area contributed by atoms with Gasteiger partial charge in [0.2, 0.25) is 5.91 Å². The first kappa shape index (κ1) is 20.0. The number of benzene rings is 2. The third kappa shape index (κ3) is 4.40. The predicted octanol–water partition coefficient (Wildman–Crippen LogP) is 5.05. The zero-order chi connectivity index (χ0) is 20.1. The molecule has 0 radical (unpaired) electrons. The molecule has 0 fully saturated rings. The Morgan fingerprint density at radius 1 is 1.18 bits per heavy atom. The van der Waals surface area contributed by atoms with Gasteiger partial charge in [-0.3, -0.25) is 9.69 Å². The molecule has 0 atom stereocenters. The van der Waals surface area contributed by atoms with E-state index in [0.717, 1.165) is 4.90 Å². The Hall–Kier alpha value is -2.71. The van der Waals surface area contributed by atoms with Crippen molar-refractivity contribution in [1.82, 2.24) is 4.98 Å². The van der Waals surface area contributed by atoms with Crippen molar-refractivity contribution in [3.05, 3.63) is 71.0 Å². The van der Waals surface area contributed by atoms with Crippen LogP contribution in [0, 0.1) is 5.82 Å². The molecule has 8 heteroatoms. The number of thiazole rings is 1. The Morgan fingerprint density at radius 2 is 1.89 bits per heavy atom. The smallest absolute Gasteiger partial charge is 0.339 e. The zero-order valence-corrected chi connectivity index (χ0v) is 16.8. The Kier molecular flexibility index (Phi) is 6.43. The van der Waals surface area contributed by atoms with Gasteiger partial charge in [-0.15, -0.1) is 23.1 Å². The van der Waals surface area contributed by atoms with Gasteiger partial charge in [-0.2, -0.15) is 0 Å². The average Bonchev–Trinajstić information content (AvgIpc) is 3.16. The van der Waals surface area contributed by atoms with Crippen LogP contribution in [-0.4, -0.2) is 23.1 Å². The van der Waals surface area contributed by atoms with E-state index >= 15 is 0 Å². The van der Waals surface area contributed by atoms with Gasteiger partial charge < -0.3 is 4.74 Å². The number of hydrogen-bond donors (Lipinski definition) is 0. The van der Waals surface area contributed by atoms with Gasteiger partial charge in [0.1, 0.15) is 12.4 Å². The summed E-state index contributed by atoms with van der Waals surface area (Å²) < 4.78 is 19.5. The van der Waals surface area contributed by atoms with Crippen LogP contribution in [0.3, 0.4) is 0 Å². The molecule has 0 N–H and O–H groups in total. The summed E-state index contributed by atoms with van der Waals surface area (Å²) in [4.78, 5) is 30.8. The lowest BCUT2D eigenvalue weighted by molar-refractivity contribution is -0.115. The number of ether oxygens (including phenoxy) is 1. The molecule has 1 amide bonds. The quantitative estimate of drug-likeness (QED) is 0.416. The summed E-state index contributed by atoms with van der Waals surface area (Å²) in [5.41, 5.74) is 1.10. The molecule has 3 aromatic rings. The van der Waals surface area contributed by atoms with Crippen LogP contribution in [0.25, 0.3) is 0 Å². The van der Waals surface area contributed by atoms with Gasteiger partial charge in [-0.05, 0) is 30.5 Å². The van der Waals surface area contributed by atoms with Gasteiger partial charge in [-0.25, -0.2) is 14.2 Å². The molecule has 0 unspecified atom stereocenters. The lowest BCUT2D eigenvalue weighted by atomic mass is 10.2. The van der Waals surface area contributed by atoms with E-state index in [9.17, 15) is 14.0 Å². The van der Waals surface area contributed by atoms with E-state index in [1.54, 1.807) is 29.6 Å². The van der Waals surface area contributed by atoms with Crippen molar-refractivity contribution < 1.29 is 18.7 Å². The van der Waals surface area contributed by atoms with Crippen molar-refractivity contribution in [2.75, 3.05) is 11.2 Å². The number of amides is 1. The molecule has 0 aliphatic carbocycles. The molecule has 1 heterocycles. The van der Waals surface area contributed by atoms with Gasteiger partial charge >= 0.3 is 5.97 Å². The van der Waals surface area contributed by atoms with Crippen LogP contribution in [-0.2, 0) is 16.1 Å². The van der Waals surface area contributed by atoms with Gasteiger partial charge in [0, 0.05) is 17.2 Å². The van der Waals surface area contributed by atoms with E-state index in [1.165, 1.54) is 47.1 Å². The van der Waals surface area contributed by atoms with Gasteiger partial charge in [-0.1, -0.05) is 24.3 Å². The fraction of sp³-hybridized carbons (Fsp3) is 0.150. The maximum atomic E-state index is 14.1. The number of carbonyl (C=O) groups is 2. The Labute approximate surface area is 170 Å². The minimum absolute atomic E-state index is 0.0406. The SMILES string of the molecule is CSc1ccccc1C(=O)OCc1csc(N(C(C)=O)c2ccccc2F)n1. The van der Waals surface area contributed by atoms with Crippen molar-refractivity contribution >= 4 is 45.8 Å². The lowest BCUT2D eigenvalue weighted by Crippen LogP contribution is -2.23. The van der Waals surface area contributed by atoms with E-state index < -0.39 is 11.8 Å². The number of carbonyl (C=O) groups excluding carboxylic acids is 2. The standard InChI is InChI=1S/C20H17FN2O3S2/c1-13(24)23(17-9-5-4-8-16(17)21)20-22-14(12-28-20)11-26-19(25)15-7-3-6-10-18(15)27-2/h3-10,12H,11H2,1-2H3. The summed E-state index contributed by atoms with van der Waals surface area (Å²) >= 11 is 2.64. The molecule has 2 aromatic carbocycles. The lowest BCUT2D eigenvalue weighted by Gasteiger charge is -2.18. The normalized spacial score (nSPS) is 10.5. The number of anilines is 2. The molecule has 0 saturated carbocycles. The van der Waals surface area contributed by atoms with Crippen LogP contribution >= 0.6 is 23.1 Å². The first-order chi connectivity index (χ1) is 13.5. The summed E-state index contributed by atoms with van der Waals surface area (Å²) in [7, 11) is 0. The molecule has 0 saturated heterocycles. The maximum Gasteiger partial charge on any atom is 0.339 e. The van der Waals surface area contributed by atoms with Gasteiger partial charge in [0.25, 0.3) is 0 Å². The molecule has 0 aliphatic rings. The van der Waals surface area contributed by atoms with E-state index in [4.69, 9.17) is 4.74 Å². The number of halogens is 1. The Balaban J connectivity index is 1.75. The second kappa shape index (κ2) is 8.99. The summed E-state index contributed by atoms with van der Waals surface area (Å²) in [5.74, 6) is -1.33. The molecule has 3 rings (SSSR count). The fourth-order valence-electron chi connectivity index (χ4n) is 2.54. The van der Waals surface area contributed by atoms with E-state index in [0.29, 0.717) is 16.4 Å². The molecule has 0 bridgehead atoms. The number of thioether (sulfide) groups is 1. The van der Waals surface area contributed by atoms with Gasteiger partial charge in [0.15, 0.2) is 5.13 Å². The van der Waals surface area contributed by atoms with Gasteiger partial charge in [0.05, 0.1) is 16.9 Å². The minimum Gasteiger partial charge on any atom is -0.456 e. The molecule has 1 aromatic heterocycles. The van der Waals surface area contributed by atoms with Crippen LogP contribution in [0.1, 0.15) is 23.0 Å². The average molecular weight is 416 g/mol. The van der Waals surface area contributed by atoms with Crippen LogP contribution in [0.5, 0.6) is 0 Å². The number of hydrogen-bond acceptors (Lipinski definition) is 6. The molecule has 0 aliphatic heterocycles. The summed E-state index contributed by atoms with van der Waals surface area (Å²) in [6, 6.07) is 13.2. The molecule has 28 heavy (non-hydrogen) atoms. The van der Waals surface area contributed by atoms with Crippen molar-refractivity contribution in [3.8, 4) is 0 Å². The van der Waals surface area contributed by atoms with E-state index in [1.807, 2.05) is 18.4 Å². The van der Waals surface area contributed by atoms with E-state index in [2.05, 4.69) is 4.98 Å². The summed E-state index contributed by atoms with van der Waals surface area (Å²) in [5, 5.41) is 1.99. The summed E-state index contributed by atoms with van der Waals surface area (Å²) in [6.45, 7) is 1.30. The number of nitrogens with zero attached hydrogens (tertiary/aromatic N) is 2. The second-order valence-corrected chi connectivity index (χ2v) is 7.39. The number of rotatable bonds is 6. The molecule has 144 valence electrons. The predicted molar refractivity (Wildman–Crippen MR) is 109 cm³/mol. The van der Waals surface area contributed by atoms with Crippen molar-refractivity contribution in [2.24, 2.45) is 0 Å². The monoisotopic (exact) mass is 416 g/mol. The Bertz CT molecular complexity index is 1010. The van der Waals surface area contributed by atoms with Crippen molar-refractivity contribution in [3.63, 3.8) is 0 Å². The van der Waals surface area contributed by atoms with Crippen molar-refractivity contribution in [1.29, 1.82) is 0 Å². The third-order valence-electron chi connectivity index (χ3n) is 3.82. The van der Waals surface area contributed by atoms with Crippen LogP contribution in [0.4, 0.5) is 15.2 Å².